The monoisotopic (exact) mass is 550 g/mol. The van der Waals surface area contributed by atoms with E-state index >= 15 is 0 Å². The van der Waals surface area contributed by atoms with Crippen molar-refractivity contribution in [2.45, 2.75) is 107 Å². The fourth-order valence-corrected chi connectivity index (χ4v) is 6.49. The molecule has 0 spiro atoms. The summed E-state index contributed by atoms with van der Waals surface area (Å²) in [5, 5.41) is 11.2. The number of nitrogens with zero attached hydrogens (tertiary/aromatic N) is 5. The third-order valence-electron chi connectivity index (χ3n) is 8.08. The highest BCUT2D eigenvalue weighted by molar-refractivity contribution is 7.98. The van der Waals surface area contributed by atoms with E-state index in [2.05, 4.69) is 88.8 Å². The van der Waals surface area contributed by atoms with Crippen LogP contribution in [0.15, 0.2) is 11.4 Å². The Morgan fingerprint density at radius 3 is 2.31 bits per heavy atom. The van der Waals surface area contributed by atoms with E-state index in [-0.39, 0.29) is 22.6 Å². The van der Waals surface area contributed by atoms with E-state index in [0.717, 1.165) is 0 Å². The van der Waals surface area contributed by atoms with E-state index in [9.17, 15) is 5.26 Å². The molecule has 2 aromatic rings. The van der Waals surface area contributed by atoms with Crippen LogP contribution in [0, 0.1) is 11.3 Å². The molecular formula is C24H42N6O3SSi2. The summed E-state index contributed by atoms with van der Waals surface area (Å²) in [5.41, 5.74) is 5.99. The van der Waals surface area contributed by atoms with Crippen molar-refractivity contribution in [3.63, 3.8) is 0 Å². The van der Waals surface area contributed by atoms with Crippen LogP contribution in [0.2, 0.25) is 36.3 Å². The van der Waals surface area contributed by atoms with Gasteiger partial charge in [-0.1, -0.05) is 41.5 Å². The number of rotatable bonds is 7. The number of hydrogen-bond acceptors (Lipinski definition) is 9. The molecule has 9 nitrogen and oxygen atoms in total. The highest BCUT2D eigenvalue weighted by Gasteiger charge is 2.55. The third kappa shape index (κ3) is 5.37. The minimum absolute atomic E-state index is 0.000648. The van der Waals surface area contributed by atoms with Crippen LogP contribution in [0.1, 0.15) is 54.2 Å². The average molecular weight is 551 g/mol. The first-order valence-corrected chi connectivity index (χ1v) is 19.4. The van der Waals surface area contributed by atoms with Crippen LogP contribution in [-0.4, -0.2) is 60.7 Å². The standard InChI is InChI=1S/C24H42N6O3SSi2/c1-22(2,3)35(8,9)31-14-24(13-25)16(33-36(10,11)23(4,5)6)12-17(32-24)30-15-27-18-19(30)28-21(26)29-20(18)34-7/h15-17H,12,14H2,1-11H3,(H2,26,28,29)/t16-,17+,24+/m0/s1. The second kappa shape index (κ2) is 9.67. The summed E-state index contributed by atoms with van der Waals surface area (Å²) in [4.78, 5) is 13.3. The quantitative estimate of drug-likeness (QED) is 0.262. The van der Waals surface area contributed by atoms with Gasteiger partial charge in [-0.25, -0.2) is 9.97 Å². The Morgan fingerprint density at radius 1 is 1.17 bits per heavy atom. The lowest BCUT2D eigenvalue weighted by atomic mass is 10.00. The maximum absolute atomic E-state index is 10.6. The SMILES string of the molecule is CSc1nc(N)nc2c1ncn2[C@H]1C[C@H](O[Si](C)(C)C(C)(C)C)[C@@](C#N)(CO[Si](C)(C)C(C)(C)C)O1. The van der Waals surface area contributed by atoms with Gasteiger partial charge >= 0.3 is 0 Å². The van der Waals surface area contributed by atoms with Crippen molar-refractivity contribution in [1.82, 2.24) is 19.5 Å². The molecule has 1 aliphatic heterocycles. The average Bonchev–Trinajstić information content (AvgIpc) is 3.31. The fourth-order valence-electron chi connectivity index (χ4n) is 3.61. The number of ether oxygens (including phenoxy) is 1. The molecule has 3 atom stereocenters. The van der Waals surface area contributed by atoms with E-state index in [1.54, 1.807) is 6.33 Å². The molecule has 1 aliphatic rings. The van der Waals surface area contributed by atoms with Crippen LogP contribution in [0.4, 0.5) is 5.95 Å². The molecule has 1 fully saturated rings. The van der Waals surface area contributed by atoms with E-state index in [4.69, 9.17) is 19.3 Å². The van der Waals surface area contributed by atoms with Crippen LogP contribution >= 0.6 is 11.8 Å². The van der Waals surface area contributed by atoms with Gasteiger partial charge in [0.15, 0.2) is 22.3 Å². The van der Waals surface area contributed by atoms with E-state index < -0.39 is 34.6 Å². The Balaban J connectivity index is 2.04. The molecule has 1 saturated heterocycles. The van der Waals surface area contributed by atoms with Gasteiger partial charge in [-0.15, -0.1) is 11.8 Å². The summed E-state index contributed by atoms with van der Waals surface area (Å²) in [5.74, 6) is 0.175. The van der Waals surface area contributed by atoms with Gasteiger partial charge in [-0.3, -0.25) is 4.57 Å². The van der Waals surface area contributed by atoms with Crippen molar-refractivity contribution in [2.24, 2.45) is 0 Å². The highest BCUT2D eigenvalue weighted by Crippen LogP contribution is 2.46. The molecule has 0 amide bonds. The molecular weight excluding hydrogens is 509 g/mol. The molecule has 0 aliphatic carbocycles. The van der Waals surface area contributed by atoms with Crippen LogP contribution in [0.3, 0.4) is 0 Å². The van der Waals surface area contributed by atoms with Gasteiger partial charge in [-0.2, -0.15) is 10.2 Å². The molecule has 200 valence electrons. The van der Waals surface area contributed by atoms with Crippen LogP contribution < -0.4 is 5.73 Å². The topological polar surface area (TPSA) is 121 Å². The lowest BCUT2D eigenvalue weighted by Crippen LogP contribution is -2.54. The fraction of sp³-hybridized carbons (Fsp3) is 0.750. The first-order valence-electron chi connectivity index (χ1n) is 12.3. The number of thioether (sulfide) groups is 1. The molecule has 3 heterocycles. The molecule has 2 N–H and O–H groups in total. The number of imidazole rings is 1. The van der Waals surface area contributed by atoms with Crippen molar-refractivity contribution in [3.05, 3.63) is 6.33 Å². The summed E-state index contributed by atoms with van der Waals surface area (Å²) in [6.07, 6.45) is 3.12. The van der Waals surface area contributed by atoms with Gasteiger partial charge in [0.1, 0.15) is 22.8 Å². The number of hydrogen-bond donors (Lipinski definition) is 1. The molecule has 3 rings (SSSR count). The van der Waals surface area contributed by atoms with Gasteiger partial charge in [0.05, 0.1) is 19.0 Å². The van der Waals surface area contributed by atoms with Crippen molar-refractivity contribution >= 4 is 45.5 Å². The Bertz CT molecular complexity index is 1150. The van der Waals surface area contributed by atoms with Gasteiger partial charge in [0.25, 0.3) is 0 Å². The van der Waals surface area contributed by atoms with E-state index in [0.29, 0.717) is 22.6 Å². The van der Waals surface area contributed by atoms with Crippen molar-refractivity contribution in [3.8, 4) is 6.07 Å². The largest absolute Gasteiger partial charge is 0.413 e. The smallest absolute Gasteiger partial charge is 0.223 e. The Kier molecular flexibility index (Phi) is 7.81. The number of nitrogen functional groups attached to an aromatic ring is 1. The summed E-state index contributed by atoms with van der Waals surface area (Å²) < 4.78 is 21.9. The predicted octanol–water partition coefficient (Wildman–Crippen LogP) is 5.72. The normalized spacial score (nSPS) is 23.8. The predicted molar refractivity (Wildman–Crippen MR) is 150 cm³/mol. The summed E-state index contributed by atoms with van der Waals surface area (Å²) in [7, 11) is -4.37. The van der Waals surface area contributed by atoms with Crippen LogP contribution in [0.25, 0.3) is 11.2 Å². The number of anilines is 1. The molecule has 0 aromatic carbocycles. The van der Waals surface area contributed by atoms with Gasteiger partial charge < -0.3 is 19.3 Å². The molecule has 36 heavy (non-hydrogen) atoms. The molecule has 0 radical (unpaired) electrons. The van der Waals surface area contributed by atoms with Crippen LogP contribution in [0.5, 0.6) is 0 Å². The molecule has 12 heteroatoms. The minimum atomic E-state index is -2.23. The lowest BCUT2D eigenvalue weighted by molar-refractivity contribution is -0.0851. The first kappa shape index (κ1) is 29.1. The Hall–Kier alpha value is -1.50. The number of aromatic nitrogens is 4. The zero-order chi connectivity index (χ0) is 27.3. The summed E-state index contributed by atoms with van der Waals surface area (Å²) in [6, 6.07) is 2.48. The molecule has 0 saturated carbocycles. The second-order valence-corrected chi connectivity index (χ2v) is 23.0. The Morgan fingerprint density at radius 2 is 1.78 bits per heavy atom. The lowest BCUT2D eigenvalue weighted by Gasteiger charge is -2.42. The minimum Gasteiger partial charge on any atom is -0.413 e. The van der Waals surface area contributed by atoms with Gasteiger partial charge in [0, 0.05) is 6.42 Å². The molecule has 2 aromatic heterocycles. The first-order chi connectivity index (χ1) is 16.4. The zero-order valence-corrected chi connectivity index (χ0v) is 26.4. The zero-order valence-electron chi connectivity index (χ0n) is 23.6. The summed E-state index contributed by atoms with van der Waals surface area (Å²) in [6.45, 7) is 22.0. The van der Waals surface area contributed by atoms with Gasteiger partial charge in [0.2, 0.25) is 11.5 Å². The molecule has 0 bridgehead atoms. The number of nitrogens with two attached hydrogens (primary N) is 1. The van der Waals surface area contributed by atoms with Crippen molar-refractivity contribution in [1.29, 1.82) is 5.26 Å². The highest BCUT2D eigenvalue weighted by atomic mass is 32.2. The van der Waals surface area contributed by atoms with E-state index in [1.165, 1.54) is 11.8 Å². The van der Waals surface area contributed by atoms with Crippen LogP contribution in [-0.2, 0) is 13.6 Å². The number of fused-ring (bicyclic) bond motifs is 1. The Labute approximate surface area is 221 Å². The molecule has 0 unspecified atom stereocenters. The maximum atomic E-state index is 10.6. The maximum Gasteiger partial charge on any atom is 0.223 e. The number of nitriles is 1. The second-order valence-electron chi connectivity index (χ2n) is 12.6. The van der Waals surface area contributed by atoms with Crippen molar-refractivity contribution < 1.29 is 13.6 Å². The van der Waals surface area contributed by atoms with Gasteiger partial charge in [-0.05, 0) is 42.5 Å². The van der Waals surface area contributed by atoms with Crippen molar-refractivity contribution in [2.75, 3.05) is 18.6 Å². The summed E-state index contributed by atoms with van der Waals surface area (Å²) >= 11 is 1.46. The van der Waals surface area contributed by atoms with E-state index in [1.807, 2.05) is 10.8 Å². The third-order valence-corrected chi connectivity index (χ3v) is 17.7.